The number of nitrogens with one attached hydrogen (secondary N) is 1. The van der Waals surface area contributed by atoms with Crippen LogP contribution in [0.15, 0.2) is 47.4 Å². The molecule has 0 unspecified atom stereocenters. The molecule has 0 bridgehead atoms. The van der Waals surface area contributed by atoms with E-state index in [1.54, 1.807) is 27.9 Å². The van der Waals surface area contributed by atoms with E-state index in [-0.39, 0.29) is 17.5 Å². The molecular formula is C24H31N5O2. The maximum atomic E-state index is 12.7. The summed E-state index contributed by atoms with van der Waals surface area (Å²) in [5.74, 6) is -0.128. The summed E-state index contributed by atoms with van der Waals surface area (Å²) in [5.41, 5.74) is 3.20. The van der Waals surface area contributed by atoms with E-state index in [9.17, 15) is 9.59 Å². The van der Waals surface area contributed by atoms with E-state index in [1.807, 2.05) is 34.9 Å². The minimum absolute atomic E-state index is 0.128. The zero-order valence-electron chi connectivity index (χ0n) is 18.9. The molecule has 7 nitrogen and oxygen atoms in total. The van der Waals surface area contributed by atoms with Gasteiger partial charge in [0.2, 0.25) is 5.91 Å². The van der Waals surface area contributed by atoms with E-state index in [2.05, 4.69) is 39.2 Å². The first-order chi connectivity index (χ1) is 14.8. The van der Waals surface area contributed by atoms with Gasteiger partial charge in [0.25, 0.3) is 5.56 Å². The van der Waals surface area contributed by atoms with Crippen LogP contribution in [0.4, 0.5) is 0 Å². The molecule has 0 aliphatic carbocycles. The Morgan fingerprint density at radius 2 is 1.81 bits per heavy atom. The van der Waals surface area contributed by atoms with Crippen molar-refractivity contribution in [3.63, 3.8) is 0 Å². The molecule has 2 aromatic heterocycles. The first kappa shape index (κ1) is 22.5. The van der Waals surface area contributed by atoms with Gasteiger partial charge < -0.3 is 14.8 Å². The zero-order valence-corrected chi connectivity index (χ0v) is 18.9. The molecule has 2 heterocycles. The Labute approximate surface area is 183 Å². The lowest BCUT2D eigenvalue weighted by atomic mass is 10.1. The van der Waals surface area contributed by atoms with Gasteiger partial charge in [-0.15, -0.1) is 0 Å². The standard InChI is InChI=1S/C24H31N5O2/c1-6-28(16-19-9-7-18(8-10-19)15-27(4)5)22(30)12-11-20-13-21-14-25-29(17(2)3)23(21)26-24(20)31/h7-14,17H,6,15-16H2,1-5H3,(H,26,31)/b12-11+. The Morgan fingerprint density at radius 1 is 1.16 bits per heavy atom. The lowest BCUT2D eigenvalue weighted by molar-refractivity contribution is -0.126. The highest BCUT2D eigenvalue weighted by Crippen LogP contribution is 2.15. The van der Waals surface area contributed by atoms with Crippen molar-refractivity contribution in [3.05, 3.63) is 69.6 Å². The molecule has 164 valence electrons. The van der Waals surface area contributed by atoms with Crippen molar-refractivity contribution in [3.8, 4) is 0 Å². The van der Waals surface area contributed by atoms with Gasteiger partial charge in [-0.05, 0) is 58.1 Å². The second-order valence-corrected chi connectivity index (χ2v) is 8.28. The molecule has 0 fully saturated rings. The van der Waals surface area contributed by atoms with Gasteiger partial charge >= 0.3 is 0 Å². The van der Waals surface area contributed by atoms with Crippen molar-refractivity contribution >= 4 is 23.0 Å². The number of benzene rings is 1. The van der Waals surface area contributed by atoms with E-state index in [0.29, 0.717) is 24.3 Å². The number of nitrogens with zero attached hydrogens (tertiary/aromatic N) is 4. The topological polar surface area (TPSA) is 74.2 Å². The maximum absolute atomic E-state index is 12.7. The fourth-order valence-corrected chi connectivity index (χ4v) is 3.49. The average Bonchev–Trinajstić information content (AvgIpc) is 3.13. The van der Waals surface area contributed by atoms with Crippen LogP contribution in [0.2, 0.25) is 0 Å². The summed E-state index contributed by atoms with van der Waals surface area (Å²) in [6, 6.07) is 10.2. The summed E-state index contributed by atoms with van der Waals surface area (Å²) in [7, 11) is 4.08. The van der Waals surface area contributed by atoms with Gasteiger partial charge in [-0.1, -0.05) is 24.3 Å². The fraction of sp³-hybridized carbons (Fsp3) is 0.375. The van der Waals surface area contributed by atoms with Crippen LogP contribution in [-0.4, -0.2) is 51.1 Å². The second kappa shape index (κ2) is 9.75. The Morgan fingerprint density at radius 3 is 2.39 bits per heavy atom. The molecule has 0 aliphatic rings. The molecule has 1 N–H and O–H groups in total. The second-order valence-electron chi connectivity index (χ2n) is 8.28. The maximum Gasteiger partial charge on any atom is 0.256 e. The van der Waals surface area contributed by atoms with Crippen LogP contribution >= 0.6 is 0 Å². The minimum Gasteiger partial charge on any atom is -0.335 e. The molecule has 1 amide bonds. The number of carbonyl (C=O) groups is 1. The molecule has 0 saturated heterocycles. The van der Waals surface area contributed by atoms with Crippen LogP contribution in [0.1, 0.15) is 43.5 Å². The molecule has 0 radical (unpaired) electrons. The molecule has 0 saturated carbocycles. The average molecular weight is 422 g/mol. The van der Waals surface area contributed by atoms with Gasteiger partial charge in [-0.25, -0.2) is 4.68 Å². The lowest BCUT2D eigenvalue weighted by Crippen LogP contribution is -2.28. The number of hydrogen-bond acceptors (Lipinski definition) is 4. The SMILES string of the molecule is CCN(Cc1ccc(CN(C)C)cc1)C(=O)/C=C/c1cc2cnn(C(C)C)c2[nH]c1=O. The number of carbonyl (C=O) groups excluding carboxylic acids is 1. The van der Waals surface area contributed by atoms with Crippen LogP contribution in [0.25, 0.3) is 17.1 Å². The van der Waals surface area contributed by atoms with Gasteiger partial charge in [0.15, 0.2) is 0 Å². The van der Waals surface area contributed by atoms with Crippen molar-refractivity contribution < 1.29 is 4.79 Å². The number of aromatic nitrogens is 3. The molecule has 0 atom stereocenters. The smallest absolute Gasteiger partial charge is 0.256 e. The number of likely N-dealkylation sites (N-methyl/N-ethyl adjacent to an activating group) is 1. The number of pyridine rings is 1. The number of fused-ring (bicyclic) bond motifs is 1. The van der Waals surface area contributed by atoms with Crippen molar-refractivity contribution in [2.75, 3.05) is 20.6 Å². The summed E-state index contributed by atoms with van der Waals surface area (Å²) >= 11 is 0. The third-order valence-corrected chi connectivity index (χ3v) is 5.11. The highest BCUT2D eigenvalue weighted by atomic mass is 16.2. The zero-order chi connectivity index (χ0) is 22.5. The normalized spacial score (nSPS) is 11.8. The molecule has 1 aromatic carbocycles. The van der Waals surface area contributed by atoms with Gasteiger partial charge in [-0.3, -0.25) is 9.59 Å². The van der Waals surface area contributed by atoms with Gasteiger partial charge in [-0.2, -0.15) is 5.10 Å². The van der Waals surface area contributed by atoms with Gasteiger partial charge in [0, 0.05) is 42.7 Å². The van der Waals surface area contributed by atoms with E-state index >= 15 is 0 Å². The number of H-pyrrole nitrogens is 1. The summed E-state index contributed by atoms with van der Waals surface area (Å²) in [6.07, 6.45) is 4.77. The van der Waals surface area contributed by atoms with Crippen LogP contribution in [-0.2, 0) is 17.9 Å². The van der Waals surface area contributed by atoms with E-state index < -0.39 is 0 Å². The number of aromatic amines is 1. The Balaban J connectivity index is 1.73. The first-order valence-corrected chi connectivity index (χ1v) is 10.6. The van der Waals surface area contributed by atoms with Crippen LogP contribution in [0, 0.1) is 0 Å². The molecule has 3 aromatic rings. The molecule has 31 heavy (non-hydrogen) atoms. The van der Waals surface area contributed by atoms with Crippen LogP contribution in [0.3, 0.4) is 0 Å². The Hall–Kier alpha value is -3.19. The van der Waals surface area contributed by atoms with Crippen molar-refractivity contribution in [2.45, 2.75) is 39.9 Å². The predicted octanol–water partition coefficient (Wildman–Crippen LogP) is 3.43. The van der Waals surface area contributed by atoms with E-state index in [4.69, 9.17) is 0 Å². The minimum atomic E-state index is -0.238. The van der Waals surface area contributed by atoms with Crippen molar-refractivity contribution in [1.29, 1.82) is 0 Å². The van der Waals surface area contributed by atoms with Crippen LogP contribution in [0.5, 0.6) is 0 Å². The van der Waals surface area contributed by atoms with Crippen LogP contribution < -0.4 is 5.56 Å². The highest BCUT2D eigenvalue weighted by molar-refractivity contribution is 5.92. The molecule has 7 heteroatoms. The largest absolute Gasteiger partial charge is 0.335 e. The summed E-state index contributed by atoms with van der Waals surface area (Å²) in [4.78, 5) is 32.0. The summed E-state index contributed by atoms with van der Waals surface area (Å²) in [6.45, 7) is 7.95. The third-order valence-electron chi connectivity index (χ3n) is 5.11. The Kier molecular flexibility index (Phi) is 7.07. The first-order valence-electron chi connectivity index (χ1n) is 10.6. The monoisotopic (exact) mass is 421 g/mol. The number of hydrogen-bond donors (Lipinski definition) is 1. The molecule has 3 rings (SSSR count). The molecule has 0 spiro atoms. The van der Waals surface area contributed by atoms with Crippen molar-refractivity contribution in [1.82, 2.24) is 24.6 Å². The molecular weight excluding hydrogens is 390 g/mol. The lowest BCUT2D eigenvalue weighted by Gasteiger charge is -2.19. The fourth-order valence-electron chi connectivity index (χ4n) is 3.49. The molecule has 0 aliphatic heterocycles. The summed E-state index contributed by atoms with van der Waals surface area (Å²) < 4.78 is 1.78. The van der Waals surface area contributed by atoms with Gasteiger partial charge in [0.1, 0.15) is 5.65 Å². The predicted molar refractivity (Wildman–Crippen MR) is 125 cm³/mol. The summed E-state index contributed by atoms with van der Waals surface area (Å²) in [5, 5.41) is 5.17. The third kappa shape index (κ3) is 5.49. The number of amides is 1. The van der Waals surface area contributed by atoms with E-state index in [1.165, 1.54) is 11.6 Å². The van der Waals surface area contributed by atoms with Gasteiger partial charge in [0.05, 0.1) is 6.20 Å². The number of rotatable bonds is 8. The quantitative estimate of drug-likeness (QED) is 0.566. The van der Waals surface area contributed by atoms with Crippen molar-refractivity contribution in [2.24, 2.45) is 0 Å². The van der Waals surface area contributed by atoms with E-state index in [0.717, 1.165) is 17.5 Å². The highest BCUT2D eigenvalue weighted by Gasteiger charge is 2.11. The Bertz CT molecular complexity index is 1120.